The molecule has 0 saturated heterocycles. The van der Waals surface area contributed by atoms with E-state index in [1.165, 1.54) is 0 Å². The minimum atomic E-state index is -0.767. The fourth-order valence-corrected chi connectivity index (χ4v) is 2.65. The van der Waals surface area contributed by atoms with Crippen LogP contribution in [-0.4, -0.2) is 35.4 Å². The number of ether oxygens (including phenoxy) is 1. The molecule has 6 heteroatoms. The van der Waals surface area contributed by atoms with Crippen LogP contribution in [0.2, 0.25) is 0 Å². The zero-order chi connectivity index (χ0) is 16.7. The van der Waals surface area contributed by atoms with Crippen LogP contribution in [0.1, 0.15) is 28.9 Å². The van der Waals surface area contributed by atoms with E-state index in [0.717, 1.165) is 22.1 Å². The van der Waals surface area contributed by atoms with Gasteiger partial charge in [-0.2, -0.15) is 0 Å². The maximum Gasteiger partial charge on any atom is 0.251 e. The lowest BCUT2D eigenvalue weighted by Crippen LogP contribution is -2.28. The number of carbonyl (C=O) groups is 1. The predicted molar refractivity (Wildman–Crippen MR) is 90.9 cm³/mol. The zero-order valence-corrected chi connectivity index (χ0v) is 14.0. The number of pyridine rings is 1. The fourth-order valence-electron chi connectivity index (χ4n) is 2.01. The normalized spacial score (nSPS) is 11.8. The SMILES string of the molecule is CCSc1cc(C(=O)NC[C@@H](O)c2ccc(OC)cc2)ccn1. The van der Waals surface area contributed by atoms with Gasteiger partial charge in [0, 0.05) is 18.3 Å². The van der Waals surface area contributed by atoms with Gasteiger partial charge >= 0.3 is 0 Å². The quantitative estimate of drug-likeness (QED) is 0.763. The van der Waals surface area contributed by atoms with Crippen LogP contribution >= 0.6 is 11.8 Å². The number of benzene rings is 1. The average Bonchev–Trinajstić information content (AvgIpc) is 2.60. The van der Waals surface area contributed by atoms with E-state index in [2.05, 4.69) is 10.3 Å². The molecule has 2 N–H and O–H groups in total. The Kier molecular flexibility index (Phi) is 6.43. The van der Waals surface area contributed by atoms with Crippen molar-refractivity contribution in [2.45, 2.75) is 18.1 Å². The molecule has 1 aromatic heterocycles. The van der Waals surface area contributed by atoms with Crippen molar-refractivity contribution in [1.29, 1.82) is 0 Å². The minimum absolute atomic E-state index is 0.143. The van der Waals surface area contributed by atoms with Crippen LogP contribution in [0.15, 0.2) is 47.6 Å². The molecule has 0 fully saturated rings. The third-order valence-corrected chi connectivity index (χ3v) is 4.05. The minimum Gasteiger partial charge on any atom is -0.497 e. The first-order valence-corrected chi connectivity index (χ1v) is 8.31. The molecular weight excluding hydrogens is 312 g/mol. The Labute approximate surface area is 140 Å². The number of nitrogens with zero attached hydrogens (tertiary/aromatic N) is 1. The molecule has 5 nitrogen and oxygen atoms in total. The number of nitrogens with one attached hydrogen (secondary N) is 1. The van der Waals surface area contributed by atoms with Gasteiger partial charge in [-0.05, 0) is 35.6 Å². The molecule has 0 aliphatic carbocycles. The van der Waals surface area contributed by atoms with Gasteiger partial charge in [0.1, 0.15) is 5.75 Å². The smallest absolute Gasteiger partial charge is 0.251 e. The second-order valence-corrected chi connectivity index (χ2v) is 6.10. The van der Waals surface area contributed by atoms with Gasteiger partial charge in [-0.3, -0.25) is 4.79 Å². The zero-order valence-electron chi connectivity index (χ0n) is 13.2. The van der Waals surface area contributed by atoms with E-state index in [1.807, 2.05) is 6.92 Å². The number of hydrogen-bond acceptors (Lipinski definition) is 5. The molecule has 1 aromatic carbocycles. The first-order chi connectivity index (χ1) is 11.1. The highest BCUT2D eigenvalue weighted by Gasteiger charge is 2.11. The molecule has 0 bridgehead atoms. The monoisotopic (exact) mass is 332 g/mol. The van der Waals surface area contributed by atoms with Crippen molar-refractivity contribution in [2.75, 3.05) is 19.4 Å². The highest BCUT2D eigenvalue weighted by atomic mass is 32.2. The summed E-state index contributed by atoms with van der Waals surface area (Å²) < 4.78 is 5.08. The number of thioether (sulfide) groups is 1. The Balaban J connectivity index is 1.93. The Morgan fingerprint density at radius 1 is 1.35 bits per heavy atom. The summed E-state index contributed by atoms with van der Waals surface area (Å²) in [4.78, 5) is 16.4. The van der Waals surface area contributed by atoms with Crippen molar-refractivity contribution in [3.05, 3.63) is 53.7 Å². The Morgan fingerprint density at radius 2 is 2.09 bits per heavy atom. The second-order valence-electron chi connectivity index (χ2n) is 4.81. The number of methoxy groups -OCH3 is 1. The molecular formula is C17H20N2O3S. The number of aliphatic hydroxyl groups is 1. The summed E-state index contributed by atoms with van der Waals surface area (Å²) in [5.41, 5.74) is 1.26. The van der Waals surface area contributed by atoms with E-state index in [9.17, 15) is 9.90 Å². The molecule has 1 heterocycles. The molecule has 0 aliphatic heterocycles. The van der Waals surface area contributed by atoms with E-state index >= 15 is 0 Å². The summed E-state index contributed by atoms with van der Waals surface area (Å²) in [5.74, 6) is 1.40. The number of hydrogen-bond donors (Lipinski definition) is 2. The summed E-state index contributed by atoms with van der Waals surface area (Å²) in [5, 5.41) is 13.7. The van der Waals surface area contributed by atoms with Crippen molar-refractivity contribution >= 4 is 17.7 Å². The molecule has 1 atom stereocenters. The molecule has 2 aromatic rings. The molecule has 2 rings (SSSR count). The van der Waals surface area contributed by atoms with Gasteiger partial charge in [0.05, 0.1) is 18.2 Å². The van der Waals surface area contributed by atoms with Gasteiger partial charge in [0.25, 0.3) is 5.91 Å². The standard InChI is InChI=1S/C17H20N2O3S/c1-3-23-16-10-13(8-9-18-16)17(21)19-11-15(20)12-4-6-14(22-2)7-5-12/h4-10,15,20H,3,11H2,1-2H3,(H,19,21)/t15-/m1/s1. The fraction of sp³-hybridized carbons (Fsp3) is 0.294. The summed E-state index contributed by atoms with van der Waals surface area (Å²) >= 11 is 1.58. The molecule has 0 saturated carbocycles. The van der Waals surface area contributed by atoms with Gasteiger partial charge in [-0.25, -0.2) is 4.98 Å². The Hall–Kier alpha value is -2.05. The molecule has 0 unspecified atom stereocenters. The van der Waals surface area contributed by atoms with Crippen molar-refractivity contribution in [1.82, 2.24) is 10.3 Å². The van der Waals surface area contributed by atoms with Crippen LogP contribution in [0.25, 0.3) is 0 Å². The molecule has 122 valence electrons. The van der Waals surface area contributed by atoms with Gasteiger partial charge in [-0.1, -0.05) is 19.1 Å². The van der Waals surface area contributed by atoms with E-state index in [4.69, 9.17) is 4.74 Å². The van der Waals surface area contributed by atoms with Crippen LogP contribution in [-0.2, 0) is 0 Å². The van der Waals surface area contributed by atoms with Crippen molar-refractivity contribution in [3.8, 4) is 5.75 Å². The van der Waals surface area contributed by atoms with Gasteiger partial charge in [-0.15, -0.1) is 11.8 Å². The Bertz CT molecular complexity index is 647. The van der Waals surface area contributed by atoms with Crippen LogP contribution < -0.4 is 10.1 Å². The lowest BCUT2D eigenvalue weighted by molar-refractivity contribution is 0.0916. The summed E-state index contributed by atoms with van der Waals surface area (Å²) in [6.45, 7) is 2.17. The molecule has 0 aliphatic rings. The molecule has 23 heavy (non-hydrogen) atoms. The van der Waals surface area contributed by atoms with E-state index < -0.39 is 6.10 Å². The van der Waals surface area contributed by atoms with E-state index in [-0.39, 0.29) is 12.5 Å². The largest absolute Gasteiger partial charge is 0.497 e. The van der Waals surface area contributed by atoms with Crippen LogP contribution in [0.5, 0.6) is 5.75 Å². The maximum absolute atomic E-state index is 12.2. The van der Waals surface area contributed by atoms with E-state index in [0.29, 0.717) is 5.56 Å². The highest BCUT2D eigenvalue weighted by molar-refractivity contribution is 7.99. The average molecular weight is 332 g/mol. The molecule has 0 spiro atoms. The van der Waals surface area contributed by atoms with Gasteiger partial charge in [0.15, 0.2) is 0 Å². The molecule has 0 radical (unpaired) electrons. The lowest BCUT2D eigenvalue weighted by Gasteiger charge is -2.13. The second kappa shape index (κ2) is 8.55. The van der Waals surface area contributed by atoms with Gasteiger partial charge in [0.2, 0.25) is 0 Å². The third kappa shape index (κ3) is 4.97. The number of amides is 1. The maximum atomic E-state index is 12.2. The van der Waals surface area contributed by atoms with E-state index in [1.54, 1.807) is 61.5 Å². The number of carbonyl (C=O) groups excluding carboxylic acids is 1. The highest BCUT2D eigenvalue weighted by Crippen LogP contribution is 2.18. The number of rotatable bonds is 7. The third-order valence-electron chi connectivity index (χ3n) is 3.25. The predicted octanol–water partition coefficient (Wildman–Crippen LogP) is 2.67. The van der Waals surface area contributed by atoms with Crippen LogP contribution in [0.4, 0.5) is 0 Å². The first kappa shape index (κ1) is 17.3. The topological polar surface area (TPSA) is 71.5 Å². The summed E-state index contributed by atoms with van der Waals surface area (Å²) in [7, 11) is 1.59. The first-order valence-electron chi connectivity index (χ1n) is 7.33. The number of aromatic nitrogens is 1. The Morgan fingerprint density at radius 3 is 2.74 bits per heavy atom. The van der Waals surface area contributed by atoms with Crippen molar-refractivity contribution in [3.63, 3.8) is 0 Å². The summed E-state index contributed by atoms with van der Waals surface area (Å²) in [6.07, 6.45) is 0.850. The summed E-state index contributed by atoms with van der Waals surface area (Å²) in [6, 6.07) is 10.5. The van der Waals surface area contributed by atoms with Crippen LogP contribution in [0, 0.1) is 0 Å². The lowest BCUT2D eigenvalue weighted by atomic mass is 10.1. The molecule has 1 amide bonds. The number of aliphatic hydroxyl groups excluding tert-OH is 1. The van der Waals surface area contributed by atoms with Crippen molar-refractivity contribution in [2.24, 2.45) is 0 Å². The van der Waals surface area contributed by atoms with Crippen molar-refractivity contribution < 1.29 is 14.6 Å². The van der Waals surface area contributed by atoms with Crippen LogP contribution in [0.3, 0.4) is 0 Å². The van der Waals surface area contributed by atoms with Gasteiger partial charge < -0.3 is 15.2 Å².